The lowest BCUT2D eigenvalue weighted by Crippen LogP contribution is -2.18. The Morgan fingerprint density at radius 2 is 2.00 bits per heavy atom. The average Bonchev–Trinajstić information content (AvgIpc) is 2.47. The van der Waals surface area contributed by atoms with Crippen LogP contribution in [0, 0.1) is 13.8 Å². The van der Waals surface area contributed by atoms with E-state index in [9.17, 15) is 4.79 Å². The number of carbonyl (C=O) groups is 1. The number of hydrogen-bond donors (Lipinski definition) is 0. The van der Waals surface area contributed by atoms with Crippen molar-refractivity contribution in [1.29, 1.82) is 0 Å². The van der Waals surface area contributed by atoms with Crippen molar-refractivity contribution in [2.24, 2.45) is 0 Å². The predicted molar refractivity (Wildman–Crippen MR) is 83.6 cm³/mol. The van der Waals surface area contributed by atoms with Gasteiger partial charge in [-0.25, -0.2) is 4.79 Å². The van der Waals surface area contributed by atoms with Crippen LogP contribution < -0.4 is 4.90 Å². The molecule has 1 aromatic heterocycles. The highest BCUT2D eigenvalue weighted by atomic mass is 16.5. The fourth-order valence-corrected chi connectivity index (χ4v) is 2.32. The van der Waals surface area contributed by atoms with E-state index in [0.29, 0.717) is 12.1 Å². The van der Waals surface area contributed by atoms with Crippen LogP contribution in [0.2, 0.25) is 0 Å². The van der Waals surface area contributed by atoms with E-state index in [1.807, 2.05) is 13.1 Å². The van der Waals surface area contributed by atoms with Gasteiger partial charge < -0.3 is 9.64 Å². The quantitative estimate of drug-likeness (QED) is 0.809. The van der Waals surface area contributed by atoms with Gasteiger partial charge in [0.2, 0.25) is 0 Å². The Hall–Kier alpha value is -2.36. The summed E-state index contributed by atoms with van der Waals surface area (Å²) in [6.45, 7) is 4.88. The number of pyridine rings is 1. The Balaban J connectivity index is 2.12. The minimum Gasteiger partial charge on any atom is -0.465 e. The predicted octanol–water partition coefficient (Wildman–Crippen LogP) is 3.12. The largest absolute Gasteiger partial charge is 0.465 e. The maximum Gasteiger partial charge on any atom is 0.339 e. The zero-order chi connectivity index (χ0) is 15.4. The molecule has 110 valence electrons. The van der Waals surface area contributed by atoms with Crippen LogP contribution in [0.3, 0.4) is 0 Å². The third kappa shape index (κ3) is 3.60. The number of hydrogen-bond acceptors (Lipinski definition) is 4. The lowest BCUT2D eigenvalue weighted by atomic mass is 10.1. The van der Waals surface area contributed by atoms with Gasteiger partial charge in [-0.05, 0) is 37.6 Å². The zero-order valence-corrected chi connectivity index (χ0v) is 12.9. The van der Waals surface area contributed by atoms with Crippen LogP contribution in [-0.2, 0) is 11.3 Å². The summed E-state index contributed by atoms with van der Waals surface area (Å²) >= 11 is 0. The van der Waals surface area contributed by atoms with Crippen LogP contribution in [0.1, 0.15) is 27.2 Å². The first-order valence-electron chi connectivity index (χ1n) is 6.83. The first-order chi connectivity index (χ1) is 10.0. The molecule has 0 aliphatic rings. The molecule has 0 amide bonds. The summed E-state index contributed by atoms with van der Waals surface area (Å²) in [4.78, 5) is 17.8. The number of aryl methyl sites for hydroxylation is 2. The summed E-state index contributed by atoms with van der Waals surface area (Å²) < 4.78 is 4.66. The zero-order valence-electron chi connectivity index (χ0n) is 12.9. The van der Waals surface area contributed by atoms with Crippen LogP contribution in [0.25, 0.3) is 0 Å². The maximum absolute atomic E-state index is 11.4. The van der Waals surface area contributed by atoms with Crippen molar-refractivity contribution in [2.75, 3.05) is 19.1 Å². The summed E-state index contributed by atoms with van der Waals surface area (Å²) in [5.41, 5.74) is 5.05. The lowest BCUT2D eigenvalue weighted by Gasteiger charge is -2.21. The van der Waals surface area contributed by atoms with Gasteiger partial charge in [0.05, 0.1) is 24.9 Å². The highest BCUT2D eigenvalue weighted by molar-refractivity contribution is 5.88. The summed E-state index contributed by atoms with van der Waals surface area (Å²) in [7, 11) is 3.40. The van der Waals surface area contributed by atoms with Crippen molar-refractivity contribution in [3.63, 3.8) is 0 Å². The molecule has 0 unspecified atom stereocenters. The molecule has 2 rings (SSSR count). The third-order valence-corrected chi connectivity index (χ3v) is 3.41. The van der Waals surface area contributed by atoms with E-state index in [1.165, 1.54) is 23.9 Å². The average molecular weight is 284 g/mol. The summed E-state index contributed by atoms with van der Waals surface area (Å²) in [6, 6.07) is 9.98. The van der Waals surface area contributed by atoms with Crippen molar-refractivity contribution in [3.05, 3.63) is 58.9 Å². The smallest absolute Gasteiger partial charge is 0.339 e. The van der Waals surface area contributed by atoms with Gasteiger partial charge in [-0.3, -0.25) is 4.98 Å². The van der Waals surface area contributed by atoms with E-state index in [1.54, 1.807) is 12.3 Å². The van der Waals surface area contributed by atoms with E-state index in [0.717, 1.165) is 5.69 Å². The Morgan fingerprint density at radius 1 is 1.24 bits per heavy atom. The van der Waals surface area contributed by atoms with Crippen molar-refractivity contribution in [3.8, 4) is 0 Å². The second-order valence-electron chi connectivity index (χ2n) is 5.18. The minimum absolute atomic E-state index is 0.364. The highest BCUT2D eigenvalue weighted by Crippen LogP contribution is 2.21. The second kappa shape index (κ2) is 6.39. The van der Waals surface area contributed by atoms with E-state index < -0.39 is 0 Å². The molecule has 0 aliphatic heterocycles. The fourth-order valence-electron chi connectivity index (χ4n) is 2.32. The summed E-state index contributed by atoms with van der Waals surface area (Å²) in [5, 5.41) is 0. The standard InChI is InChI=1S/C17H20N2O2/c1-12-5-8-16(13(2)9-12)19(3)11-15-7-6-14(10-18-15)17(20)21-4/h5-10H,11H2,1-4H3. The van der Waals surface area contributed by atoms with Gasteiger partial charge in [-0.15, -0.1) is 0 Å². The van der Waals surface area contributed by atoms with Gasteiger partial charge in [-0.1, -0.05) is 17.7 Å². The van der Waals surface area contributed by atoms with Gasteiger partial charge in [0.25, 0.3) is 0 Å². The lowest BCUT2D eigenvalue weighted by molar-refractivity contribution is 0.0600. The number of methoxy groups -OCH3 is 1. The third-order valence-electron chi connectivity index (χ3n) is 3.41. The van der Waals surface area contributed by atoms with Gasteiger partial charge in [-0.2, -0.15) is 0 Å². The Labute approximate surface area is 125 Å². The highest BCUT2D eigenvalue weighted by Gasteiger charge is 2.08. The molecule has 0 saturated carbocycles. The van der Waals surface area contributed by atoms with Crippen molar-refractivity contribution < 1.29 is 9.53 Å². The molecule has 4 nitrogen and oxygen atoms in total. The molecule has 0 atom stereocenters. The molecule has 4 heteroatoms. The number of nitrogens with zero attached hydrogens (tertiary/aromatic N) is 2. The fraction of sp³-hybridized carbons (Fsp3) is 0.294. The topological polar surface area (TPSA) is 42.4 Å². The number of aromatic nitrogens is 1. The second-order valence-corrected chi connectivity index (χ2v) is 5.18. The molecular weight excluding hydrogens is 264 g/mol. The summed E-state index contributed by atoms with van der Waals surface area (Å²) in [5.74, 6) is -0.364. The maximum atomic E-state index is 11.4. The molecule has 0 spiro atoms. The Kier molecular flexibility index (Phi) is 4.58. The van der Waals surface area contributed by atoms with Crippen molar-refractivity contribution >= 4 is 11.7 Å². The van der Waals surface area contributed by atoms with E-state index in [4.69, 9.17) is 0 Å². The van der Waals surface area contributed by atoms with E-state index >= 15 is 0 Å². The SMILES string of the molecule is COC(=O)c1ccc(CN(C)c2ccc(C)cc2C)nc1. The minimum atomic E-state index is -0.364. The normalized spacial score (nSPS) is 10.3. The van der Waals surface area contributed by atoms with E-state index in [2.05, 4.69) is 46.7 Å². The number of anilines is 1. The molecule has 21 heavy (non-hydrogen) atoms. The Bertz CT molecular complexity index is 636. The molecule has 1 aromatic carbocycles. The van der Waals surface area contributed by atoms with Gasteiger partial charge >= 0.3 is 5.97 Å². The van der Waals surface area contributed by atoms with Gasteiger partial charge in [0.1, 0.15) is 0 Å². The number of rotatable bonds is 4. The van der Waals surface area contributed by atoms with E-state index in [-0.39, 0.29) is 5.97 Å². The first kappa shape index (κ1) is 15.0. The number of esters is 1. The monoisotopic (exact) mass is 284 g/mol. The molecule has 1 heterocycles. The number of carbonyl (C=O) groups excluding carboxylic acids is 1. The van der Waals surface area contributed by atoms with Crippen molar-refractivity contribution in [1.82, 2.24) is 4.98 Å². The van der Waals surface area contributed by atoms with Crippen molar-refractivity contribution in [2.45, 2.75) is 20.4 Å². The number of ether oxygens (including phenoxy) is 1. The summed E-state index contributed by atoms with van der Waals surface area (Å²) in [6.07, 6.45) is 1.55. The molecule has 0 aliphatic carbocycles. The Morgan fingerprint density at radius 3 is 2.57 bits per heavy atom. The van der Waals surface area contributed by atoms with Crippen LogP contribution in [0.15, 0.2) is 36.5 Å². The van der Waals surface area contributed by atoms with Crippen LogP contribution in [0.5, 0.6) is 0 Å². The van der Waals surface area contributed by atoms with Gasteiger partial charge in [0.15, 0.2) is 0 Å². The number of benzene rings is 1. The van der Waals surface area contributed by atoms with Crippen LogP contribution in [-0.4, -0.2) is 25.1 Å². The molecular formula is C17H20N2O2. The first-order valence-corrected chi connectivity index (χ1v) is 6.83. The molecule has 0 radical (unpaired) electrons. The molecule has 0 bridgehead atoms. The molecule has 0 N–H and O–H groups in total. The van der Waals surface area contributed by atoms with Gasteiger partial charge in [0, 0.05) is 18.9 Å². The molecule has 0 saturated heterocycles. The molecule has 0 fully saturated rings. The molecule has 2 aromatic rings. The van der Waals surface area contributed by atoms with Crippen LogP contribution in [0.4, 0.5) is 5.69 Å². The van der Waals surface area contributed by atoms with Crippen LogP contribution >= 0.6 is 0 Å².